The number of fused-ring (bicyclic) bond motifs is 1. The number of carbonyl (C=O) groups is 1. The van der Waals surface area contributed by atoms with E-state index >= 15 is 0 Å². The van der Waals surface area contributed by atoms with E-state index in [4.69, 9.17) is 0 Å². The van der Waals surface area contributed by atoms with E-state index in [1.807, 2.05) is 14.1 Å². The first-order valence-corrected chi connectivity index (χ1v) is 6.18. The van der Waals surface area contributed by atoms with Gasteiger partial charge < -0.3 is 10.2 Å². The maximum atomic E-state index is 11.9. The first-order chi connectivity index (χ1) is 8.11. The number of benzene rings is 1. The number of nitrogens with one attached hydrogen (secondary N) is 1. The molecule has 0 unspecified atom stereocenters. The molecule has 3 heteroatoms. The van der Waals surface area contributed by atoms with Gasteiger partial charge >= 0.3 is 0 Å². The van der Waals surface area contributed by atoms with Crippen LogP contribution in [0.15, 0.2) is 18.2 Å². The fourth-order valence-electron chi connectivity index (χ4n) is 2.32. The van der Waals surface area contributed by atoms with E-state index in [1.165, 1.54) is 16.8 Å². The lowest BCUT2D eigenvalue weighted by Crippen LogP contribution is -2.37. The zero-order valence-corrected chi connectivity index (χ0v) is 10.8. The molecule has 1 aromatic rings. The summed E-state index contributed by atoms with van der Waals surface area (Å²) in [7, 11) is 3.64. The first-order valence-electron chi connectivity index (χ1n) is 6.18. The van der Waals surface area contributed by atoms with Crippen molar-refractivity contribution < 1.29 is 6.22 Å². The third-order valence-electron chi connectivity index (χ3n) is 3.37. The van der Waals surface area contributed by atoms with Crippen molar-refractivity contribution in [2.24, 2.45) is 5.92 Å². The second-order valence-corrected chi connectivity index (χ2v) is 4.86. The van der Waals surface area contributed by atoms with Crippen molar-refractivity contribution in [3.63, 3.8) is 0 Å². The molecule has 0 aliphatic carbocycles. The lowest BCUT2D eigenvalue weighted by molar-refractivity contribution is -0.132. The average Bonchev–Trinajstić information content (AvgIpc) is 2.36. The summed E-state index contributed by atoms with van der Waals surface area (Å²) >= 11 is 0. The van der Waals surface area contributed by atoms with Gasteiger partial charge in [-0.25, -0.2) is 0 Å². The lowest BCUT2D eigenvalue weighted by Gasteiger charge is -2.27. The Hall–Kier alpha value is -1.51. The van der Waals surface area contributed by atoms with Crippen LogP contribution in [0.4, 0.5) is 5.69 Å². The minimum Gasteiger partial charge on any atom is -0.384 e. The van der Waals surface area contributed by atoms with Gasteiger partial charge in [0.25, 0.3) is 0 Å². The Balaban J connectivity index is 0.00000162. The highest BCUT2D eigenvalue weighted by atomic mass is 16.2. The molecule has 3 nitrogen and oxygen atoms in total. The minimum atomic E-state index is 0. The van der Waals surface area contributed by atoms with Crippen LogP contribution >= 0.6 is 0 Å². The molecule has 1 N–H and O–H groups in total. The van der Waals surface area contributed by atoms with E-state index in [2.05, 4.69) is 30.4 Å². The van der Waals surface area contributed by atoms with E-state index in [-0.39, 0.29) is 13.3 Å². The van der Waals surface area contributed by atoms with Crippen LogP contribution in [0.2, 0.25) is 0 Å². The summed E-state index contributed by atoms with van der Waals surface area (Å²) in [4.78, 5) is 13.6. The van der Waals surface area contributed by atoms with Crippen LogP contribution in [0.1, 0.15) is 19.5 Å². The van der Waals surface area contributed by atoms with Crippen LogP contribution < -0.4 is 5.32 Å². The van der Waals surface area contributed by atoms with E-state index < -0.39 is 0 Å². The van der Waals surface area contributed by atoms with Crippen molar-refractivity contribution in [3.05, 3.63) is 29.3 Å². The number of hydrogen-bond donors (Lipinski definition) is 1. The molecule has 1 atom stereocenters. The average molecular weight is 234 g/mol. The molecule has 0 saturated carbocycles. The molecular weight excluding hydrogens is 212 g/mol. The number of nitrogens with zero attached hydrogens (tertiary/aromatic N) is 1. The van der Waals surface area contributed by atoms with Crippen molar-refractivity contribution in [2.75, 3.05) is 26.0 Å². The summed E-state index contributed by atoms with van der Waals surface area (Å²) in [6, 6.07) is 6.50. The molecule has 0 bridgehead atoms. The molecule has 1 aliphatic heterocycles. The highest BCUT2D eigenvalue weighted by Gasteiger charge is 2.25. The summed E-state index contributed by atoms with van der Waals surface area (Å²) in [6.45, 7) is 2.90. The second kappa shape index (κ2) is 4.78. The van der Waals surface area contributed by atoms with E-state index in [0.29, 0.717) is 0 Å². The van der Waals surface area contributed by atoms with E-state index in [9.17, 15) is 4.79 Å². The molecule has 1 aliphatic rings. The zero-order chi connectivity index (χ0) is 12.4. The Morgan fingerprint density at radius 2 is 2.29 bits per heavy atom. The first kappa shape index (κ1) is 12.0. The number of hydrogen-bond acceptors (Lipinski definition) is 2. The molecule has 0 saturated heterocycles. The van der Waals surface area contributed by atoms with Crippen molar-refractivity contribution in [2.45, 2.75) is 19.8 Å². The molecule has 2 rings (SSSR count). The highest BCUT2D eigenvalue weighted by Crippen LogP contribution is 2.26. The Morgan fingerprint density at radius 3 is 2.94 bits per heavy atom. The Bertz CT molecular complexity index is 432. The van der Waals surface area contributed by atoms with E-state index in [0.717, 1.165) is 19.4 Å². The summed E-state index contributed by atoms with van der Waals surface area (Å²) in [6.07, 6.45) is 1.90. The molecule has 0 spiro atoms. The molecular formula is C14H22N2O. The number of rotatable bonds is 2. The van der Waals surface area contributed by atoms with Crippen molar-refractivity contribution in [1.82, 2.24) is 4.90 Å². The lowest BCUT2D eigenvalue weighted by atomic mass is 9.91. The van der Waals surface area contributed by atoms with Crippen molar-refractivity contribution >= 4 is 11.6 Å². The van der Waals surface area contributed by atoms with Crippen LogP contribution in [0.5, 0.6) is 0 Å². The molecule has 0 radical (unpaired) electrons. The van der Waals surface area contributed by atoms with Crippen molar-refractivity contribution in [3.8, 4) is 0 Å². The second-order valence-electron chi connectivity index (χ2n) is 4.86. The fourth-order valence-corrected chi connectivity index (χ4v) is 2.32. The Labute approximate surface area is 104 Å². The van der Waals surface area contributed by atoms with Gasteiger partial charge in [0.05, 0.1) is 5.92 Å². The van der Waals surface area contributed by atoms with Gasteiger partial charge in [-0.1, -0.05) is 19.1 Å². The van der Waals surface area contributed by atoms with Gasteiger partial charge in [0.1, 0.15) is 0 Å². The molecule has 1 amide bonds. The Kier molecular flexibility index (Phi) is 3.36. The largest absolute Gasteiger partial charge is 0.384 e. The molecule has 94 valence electrons. The topological polar surface area (TPSA) is 32.3 Å². The van der Waals surface area contributed by atoms with Crippen LogP contribution in [0, 0.1) is 5.92 Å². The Morgan fingerprint density at radius 1 is 1.53 bits per heavy atom. The smallest absolute Gasteiger partial charge is 0.227 e. The predicted octanol–water partition coefficient (Wildman–Crippen LogP) is 2.17. The van der Waals surface area contributed by atoms with Gasteiger partial charge in [-0.05, 0) is 30.0 Å². The summed E-state index contributed by atoms with van der Waals surface area (Å²) in [5.74, 6) is 0.287. The predicted molar refractivity (Wildman–Crippen MR) is 72.3 cm³/mol. The normalized spacial score (nSPS) is 18.2. The molecule has 1 heterocycles. The quantitative estimate of drug-likeness (QED) is 0.850. The number of aryl methyl sites for hydroxylation is 1. The fraction of sp³-hybridized carbons (Fsp3) is 0.500. The van der Waals surface area contributed by atoms with Gasteiger partial charge in [-0.3, -0.25) is 4.79 Å². The molecule has 0 aromatic heterocycles. The standard InChI is InChI=1S/C14H20N2O.H2/c1-4-10-5-6-13-11(7-10)8-12(9-15-13)14(17)16(2)3;/h5-7,12,15H,4,8-9H2,1-3H3;1H/t12-;/m0./s1. The molecule has 17 heavy (non-hydrogen) atoms. The third-order valence-corrected chi connectivity index (χ3v) is 3.37. The molecule has 0 fully saturated rings. The minimum absolute atomic E-state index is 0. The maximum absolute atomic E-state index is 11.9. The van der Waals surface area contributed by atoms with Crippen LogP contribution in [-0.2, 0) is 17.6 Å². The maximum Gasteiger partial charge on any atom is 0.227 e. The summed E-state index contributed by atoms with van der Waals surface area (Å²) < 4.78 is 0. The van der Waals surface area contributed by atoms with Crippen LogP contribution in [0.25, 0.3) is 0 Å². The highest BCUT2D eigenvalue weighted by molar-refractivity contribution is 5.80. The van der Waals surface area contributed by atoms with Crippen molar-refractivity contribution in [1.29, 1.82) is 0 Å². The summed E-state index contributed by atoms with van der Waals surface area (Å²) in [5, 5.41) is 3.35. The van der Waals surface area contributed by atoms with Gasteiger partial charge in [0, 0.05) is 27.8 Å². The SMILES string of the molecule is CCc1ccc2c(c1)C[C@H](C(=O)N(C)C)CN2.[HH]. The van der Waals surface area contributed by atoms with Crippen LogP contribution in [0.3, 0.4) is 0 Å². The van der Waals surface area contributed by atoms with E-state index in [1.54, 1.807) is 4.90 Å². The molecule has 1 aromatic carbocycles. The summed E-state index contributed by atoms with van der Waals surface area (Å²) in [5.41, 5.74) is 3.80. The van der Waals surface area contributed by atoms with Gasteiger partial charge in [-0.2, -0.15) is 0 Å². The van der Waals surface area contributed by atoms with Gasteiger partial charge in [-0.15, -0.1) is 0 Å². The number of carbonyl (C=O) groups excluding carboxylic acids is 1. The monoisotopic (exact) mass is 234 g/mol. The van der Waals surface area contributed by atoms with Gasteiger partial charge in [0.2, 0.25) is 5.91 Å². The van der Waals surface area contributed by atoms with Gasteiger partial charge in [0.15, 0.2) is 0 Å². The zero-order valence-electron chi connectivity index (χ0n) is 10.8. The third kappa shape index (κ3) is 2.43. The number of amides is 1. The number of anilines is 1. The van der Waals surface area contributed by atoms with Crippen LogP contribution in [-0.4, -0.2) is 31.4 Å².